The van der Waals surface area contributed by atoms with Gasteiger partial charge in [0.15, 0.2) is 0 Å². The maximum atomic E-state index is 11.4. The van der Waals surface area contributed by atoms with Crippen molar-refractivity contribution in [3.63, 3.8) is 0 Å². The van der Waals surface area contributed by atoms with E-state index < -0.39 is 23.8 Å². The summed E-state index contributed by atoms with van der Waals surface area (Å²) in [7, 11) is 0. The van der Waals surface area contributed by atoms with Crippen LogP contribution >= 0.6 is 0 Å². The van der Waals surface area contributed by atoms with Crippen molar-refractivity contribution in [1.29, 1.82) is 0 Å². The highest BCUT2D eigenvalue weighted by molar-refractivity contribution is 6.01. The van der Waals surface area contributed by atoms with Crippen LogP contribution in [-0.4, -0.2) is 35.4 Å². The lowest BCUT2D eigenvalue weighted by atomic mass is 10.3. The van der Waals surface area contributed by atoms with Gasteiger partial charge in [-0.25, -0.2) is 4.79 Å². The number of esters is 1. The van der Waals surface area contributed by atoms with Crippen LogP contribution in [0, 0.1) is 0 Å². The molecule has 0 aromatic carbocycles. The maximum Gasteiger partial charge on any atom is 0.333 e. The lowest BCUT2D eigenvalue weighted by Gasteiger charge is -2.12. The first-order valence-electron chi connectivity index (χ1n) is 6.54. The molecule has 114 valence electrons. The first kappa shape index (κ1) is 16.6. The summed E-state index contributed by atoms with van der Waals surface area (Å²) in [5, 5.41) is 0.452. The van der Waals surface area contributed by atoms with Gasteiger partial charge in [-0.1, -0.05) is 24.8 Å². The van der Waals surface area contributed by atoms with Crippen LogP contribution in [0.15, 0.2) is 24.8 Å². The molecule has 7 heteroatoms. The standard InChI is InChI=1S/C14H17NO6/c1-2-3-4-5-10-20-13(18)8-9-14(19)21-15-11(16)6-7-12(15)17/h2-4H,1,5-10H2/b4-3+. The van der Waals surface area contributed by atoms with Crippen LogP contribution in [0.1, 0.15) is 32.1 Å². The fraction of sp³-hybridized carbons (Fsp3) is 0.429. The third kappa shape index (κ3) is 6.03. The molecule has 0 spiro atoms. The Hall–Kier alpha value is -2.44. The lowest BCUT2D eigenvalue weighted by molar-refractivity contribution is -0.197. The second-order valence-electron chi connectivity index (χ2n) is 4.22. The highest BCUT2D eigenvalue weighted by Crippen LogP contribution is 2.13. The van der Waals surface area contributed by atoms with Crippen molar-refractivity contribution in [1.82, 2.24) is 5.06 Å². The van der Waals surface area contributed by atoms with Gasteiger partial charge in [-0.2, -0.15) is 0 Å². The maximum absolute atomic E-state index is 11.4. The van der Waals surface area contributed by atoms with Gasteiger partial charge in [-0.05, 0) is 6.42 Å². The van der Waals surface area contributed by atoms with Gasteiger partial charge in [-0.3, -0.25) is 14.4 Å². The summed E-state index contributed by atoms with van der Waals surface area (Å²) in [6.45, 7) is 3.71. The highest BCUT2D eigenvalue weighted by Gasteiger charge is 2.32. The van der Waals surface area contributed by atoms with E-state index in [0.29, 0.717) is 11.5 Å². The summed E-state index contributed by atoms with van der Waals surface area (Å²) in [6, 6.07) is 0. The Morgan fingerprint density at radius 1 is 1.14 bits per heavy atom. The van der Waals surface area contributed by atoms with E-state index in [1.165, 1.54) is 0 Å². The van der Waals surface area contributed by atoms with Crippen LogP contribution in [0.3, 0.4) is 0 Å². The van der Waals surface area contributed by atoms with E-state index in [9.17, 15) is 19.2 Å². The third-order valence-corrected chi connectivity index (χ3v) is 2.55. The van der Waals surface area contributed by atoms with Crippen LogP contribution < -0.4 is 0 Å². The van der Waals surface area contributed by atoms with E-state index in [4.69, 9.17) is 4.74 Å². The lowest BCUT2D eigenvalue weighted by Crippen LogP contribution is -2.32. The summed E-state index contributed by atoms with van der Waals surface area (Å²) < 4.78 is 4.87. The van der Waals surface area contributed by atoms with E-state index in [-0.39, 0.29) is 32.3 Å². The van der Waals surface area contributed by atoms with E-state index in [2.05, 4.69) is 11.4 Å². The van der Waals surface area contributed by atoms with Gasteiger partial charge in [0.05, 0.1) is 19.4 Å². The Kier molecular flexibility index (Phi) is 6.86. The van der Waals surface area contributed by atoms with Crippen molar-refractivity contribution < 1.29 is 28.8 Å². The Bertz CT molecular complexity index is 452. The van der Waals surface area contributed by atoms with Crippen molar-refractivity contribution >= 4 is 23.8 Å². The number of ether oxygens (including phenoxy) is 1. The molecule has 0 aromatic rings. The molecule has 1 aliphatic heterocycles. The molecule has 0 saturated carbocycles. The number of hydrogen-bond acceptors (Lipinski definition) is 6. The van der Waals surface area contributed by atoms with E-state index in [1.807, 2.05) is 0 Å². The fourth-order valence-corrected chi connectivity index (χ4v) is 1.51. The zero-order valence-corrected chi connectivity index (χ0v) is 11.6. The zero-order chi connectivity index (χ0) is 15.7. The van der Waals surface area contributed by atoms with Gasteiger partial charge in [0, 0.05) is 12.8 Å². The van der Waals surface area contributed by atoms with Gasteiger partial charge in [0.25, 0.3) is 11.8 Å². The summed E-state index contributed by atoms with van der Waals surface area (Å²) in [5.74, 6) is -2.46. The fourth-order valence-electron chi connectivity index (χ4n) is 1.51. The largest absolute Gasteiger partial charge is 0.465 e. The molecule has 0 aliphatic carbocycles. The molecule has 21 heavy (non-hydrogen) atoms. The molecule has 2 amide bonds. The van der Waals surface area contributed by atoms with Crippen LogP contribution in [-0.2, 0) is 28.8 Å². The zero-order valence-electron chi connectivity index (χ0n) is 11.6. The van der Waals surface area contributed by atoms with Crippen molar-refractivity contribution in [2.75, 3.05) is 6.61 Å². The molecule has 1 aliphatic rings. The number of amides is 2. The summed E-state index contributed by atoms with van der Waals surface area (Å²) >= 11 is 0. The summed E-state index contributed by atoms with van der Waals surface area (Å²) in [6.07, 6.45) is 5.34. The monoisotopic (exact) mass is 295 g/mol. The molecule has 1 fully saturated rings. The SMILES string of the molecule is C=C/C=C/CCOC(=O)CCC(=O)ON1C(=O)CCC1=O. The average Bonchev–Trinajstić information content (AvgIpc) is 2.77. The second-order valence-corrected chi connectivity index (χ2v) is 4.22. The number of carbonyl (C=O) groups is 4. The molecule has 1 saturated heterocycles. The number of rotatable bonds is 8. The average molecular weight is 295 g/mol. The quantitative estimate of drug-likeness (QED) is 0.288. The third-order valence-electron chi connectivity index (χ3n) is 2.55. The number of imide groups is 1. The molecule has 0 bridgehead atoms. The minimum absolute atomic E-state index is 0.0341. The number of allylic oxidation sites excluding steroid dienone is 2. The van der Waals surface area contributed by atoms with Crippen LogP contribution in [0.2, 0.25) is 0 Å². The molecule has 0 N–H and O–H groups in total. The van der Waals surface area contributed by atoms with Gasteiger partial charge in [-0.15, -0.1) is 5.06 Å². The Morgan fingerprint density at radius 2 is 1.76 bits per heavy atom. The van der Waals surface area contributed by atoms with Gasteiger partial charge >= 0.3 is 11.9 Å². The van der Waals surface area contributed by atoms with Crippen LogP contribution in [0.25, 0.3) is 0 Å². The number of nitrogens with zero attached hydrogens (tertiary/aromatic N) is 1. The first-order chi connectivity index (χ1) is 10.0. The minimum Gasteiger partial charge on any atom is -0.465 e. The van der Waals surface area contributed by atoms with Gasteiger partial charge in [0.2, 0.25) is 0 Å². The Morgan fingerprint density at radius 3 is 2.38 bits per heavy atom. The van der Waals surface area contributed by atoms with Crippen molar-refractivity contribution in [2.24, 2.45) is 0 Å². The molecular weight excluding hydrogens is 278 g/mol. The van der Waals surface area contributed by atoms with Crippen molar-refractivity contribution in [3.8, 4) is 0 Å². The van der Waals surface area contributed by atoms with Crippen LogP contribution in [0.5, 0.6) is 0 Å². The predicted octanol–water partition coefficient (Wildman–Crippen LogP) is 1.05. The molecule has 1 heterocycles. The van der Waals surface area contributed by atoms with Crippen molar-refractivity contribution in [3.05, 3.63) is 24.8 Å². The van der Waals surface area contributed by atoms with Gasteiger partial charge in [0.1, 0.15) is 0 Å². The molecule has 0 radical (unpaired) electrons. The van der Waals surface area contributed by atoms with Gasteiger partial charge < -0.3 is 9.57 Å². The Labute approximate surface area is 122 Å². The number of hydroxylamine groups is 2. The van der Waals surface area contributed by atoms with Crippen molar-refractivity contribution in [2.45, 2.75) is 32.1 Å². The number of carbonyl (C=O) groups excluding carboxylic acids is 4. The van der Waals surface area contributed by atoms with Crippen LogP contribution in [0.4, 0.5) is 0 Å². The molecule has 0 aromatic heterocycles. The second kappa shape index (κ2) is 8.68. The molecule has 1 rings (SSSR count). The predicted molar refractivity (Wildman–Crippen MR) is 71.3 cm³/mol. The van der Waals surface area contributed by atoms with E-state index >= 15 is 0 Å². The molecule has 0 atom stereocenters. The number of hydrogen-bond donors (Lipinski definition) is 0. The first-order valence-corrected chi connectivity index (χ1v) is 6.54. The summed E-state index contributed by atoms with van der Waals surface area (Å²) in [4.78, 5) is 49.8. The smallest absolute Gasteiger partial charge is 0.333 e. The highest BCUT2D eigenvalue weighted by atomic mass is 16.7. The normalized spacial score (nSPS) is 14.6. The molecule has 0 unspecified atom stereocenters. The van der Waals surface area contributed by atoms with E-state index in [0.717, 1.165) is 0 Å². The molecular formula is C14H17NO6. The summed E-state index contributed by atoms with van der Waals surface area (Å²) in [5.41, 5.74) is 0. The minimum atomic E-state index is -0.817. The van der Waals surface area contributed by atoms with E-state index in [1.54, 1.807) is 18.2 Å². The Balaban J connectivity index is 2.19. The topological polar surface area (TPSA) is 90.0 Å². The molecule has 7 nitrogen and oxygen atoms in total.